The van der Waals surface area contributed by atoms with Gasteiger partial charge in [0.2, 0.25) is 0 Å². The van der Waals surface area contributed by atoms with Crippen LogP contribution in [0.25, 0.3) is 0 Å². The molecular formula is C13H13ClN4OS. The molecule has 7 heteroatoms. The smallest absolute Gasteiger partial charge is 0.273 e. The van der Waals surface area contributed by atoms with Crippen LogP contribution in [0.1, 0.15) is 16.1 Å². The quantitative estimate of drug-likeness (QED) is 0.835. The zero-order chi connectivity index (χ0) is 14.3. The van der Waals surface area contributed by atoms with Crippen molar-refractivity contribution in [1.29, 1.82) is 0 Å². The second-order valence-electron chi connectivity index (χ2n) is 4.66. The van der Waals surface area contributed by atoms with Crippen LogP contribution in [0.15, 0.2) is 29.4 Å². The molecule has 0 unspecified atom stereocenters. The van der Waals surface area contributed by atoms with E-state index in [-0.39, 0.29) is 5.91 Å². The molecule has 1 amide bonds. The minimum absolute atomic E-state index is 0.125. The monoisotopic (exact) mass is 308 g/mol. The van der Waals surface area contributed by atoms with Gasteiger partial charge >= 0.3 is 0 Å². The summed E-state index contributed by atoms with van der Waals surface area (Å²) in [6.07, 6.45) is 0. The largest absolute Gasteiger partial charge is 0.340 e. The summed E-state index contributed by atoms with van der Waals surface area (Å²) < 4.78 is 1.80. The maximum Gasteiger partial charge on any atom is 0.273 e. The molecule has 1 N–H and O–H groups in total. The molecule has 0 bridgehead atoms. The number of carbonyl (C=O) groups is 1. The molecule has 1 aliphatic rings. The molecule has 0 atom stereocenters. The Hall–Kier alpha value is -1.66. The number of hydrogen-bond donors (Lipinski definition) is 2. The number of fused-ring (bicyclic) bond motifs is 1. The zero-order valence-corrected chi connectivity index (χ0v) is 12.4. The Balaban J connectivity index is 2.01. The highest BCUT2D eigenvalue weighted by molar-refractivity contribution is 7.80. The van der Waals surface area contributed by atoms with Crippen molar-refractivity contribution in [1.82, 2.24) is 14.9 Å². The summed E-state index contributed by atoms with van der Waals surface area (Å²) in [5, 5.41) is 4.01. The van der Waals surface area contributed by atoms with Gasteiger partial charge in [-0.2, -0.15) is 0 Å². The van der Waals surface area contributed by atoms with E-state index in [9.17, 15) is 4.79 Å². The lowest BCUT2D eigenvalue weighted by molar-refractivity contribution is 0.0938. The van der Waals surface area contributed by atoms with Gasteiger partial charge in [-0.15, -0.1) is 12.6 Å². The summed E-state index contributed by atoms with van der Waals surface area (Å²) in [5.74, 6) is 0.535. The van der Waals surface area contributed by atoms with Gasteiger partial charge in [0.15, 0.2) is 16.7 Å². The predicted octanol–water partition coefficient (Wildman–Crippen LogP) is 2.01. The molecule has 2 aromatic rings. The van der Waals surface area contributed by atoms with E-state index in [2.05, 4.69) is 22.9 Å². The molecule has 1 aromatic carbocycles. The number of amides is 1. The van der Waals surface area contributed by atoms with Crippen LogP contribution in [0.5, 0.6) is 0 Å². The zero-order valence-electron chi connectivity index (χ0n) is 10.8. The van der Waals surface area contributed by atoms with E-state index >= 15 is 0 Å². The van der Waals surface area contributed by atoms with E-state index in [0.29, 0.717) is 34.9 Å². The summed E-state index contributed by atoms with van der Waals surface area (Å²) >= 11 is 10.3. The fourth-order valence-electron chi connectivity index (χ4n) is 2.19. The minimum atomic E-state index is -0.125. The molecule has 1 aromatic heterocycles. The fraction of sp³-hybridized carbons (Fsp3) is 0.231. The van der Waals surface area contributed by atoms with Gasteiger partial charge in [-0.1, -0.05) is 23.7 Å². The molecule has 1 aliphatic heterocycles. The number of rotatable bonds is 2. The highest BCUT2D eigenvalue weighted by Crippen LogP contribution is 2.26. The Labute approximate surface area is 127 Å². The van der Waals surface area contributed by atoms with Gasteiger partial charge in [0, 0.05) is 12.1 Å². The molecular weight excluding hydrogens is 296 g/mol. The first-order valence-corrected chi connectivity index (χ1v) is 6.92. The lowest BCUT2D eigenvalue weighted by atomic mass is 10.2. The molecule has 104 valence electrons. The van der Waals surface area contributed by atoms with Gasteiger partial charge in [0.25, 0.3) is 5.91 Å². The van der Waals surface area contributed by atoms with Crippen LogP contribution in [0, 0.1) is 0 Å². The number of aromatic nitrogens is 2. The van der Waals surface area contributed by atoms with Gasteiger partial charge in [-0.3, -0.25) is 4.79 Å². The summed E-state index contributed by atoms with van der Waals surface area (Å²) in [6, 6.07) is 7.49. The Morgan fingerprint density at radius 2 is 2.10 bits per heavy atom. The lowest BCUT2D eigenvalue weighted by Crippen LogP contribution is -2.42. The van der Waals surface area contributed by atoms with Gasteiger partial charge in [0.1, 0.15) is 0 Å². The molecule has 0 saturated carbocycles. The fourth-order valence-corrected chi connectivity index (χ4v) is 2.58. The number of benzene rings is 1. The van der Waals surface area contributed by atoms with Crippen molar-refractivity contribution < 1.29 is 4.79 Å². The minimum Gasteiger partial charge on any atom is -0.340 e. The molecule has 3 rings (SSSR count). The van der Waals surface area contributed by atoms with E-state index in [1.807, 2.05) is 36.2 Å². The summed E-state index contributed by atoms with van der Waals surface area (Å²) in [6.45, 7) is 0.983. The van der Waals surface area contributed by atoms with Crippen LogP contribution in [0.3, 0.4) is 0 Å². The average Bonchev–Trinajstić information content (AvgIpc) is 2.75. The maximum atomic E-state index is 12.1. The Morgan fingerprint density at radius 3 is 2.80 bits per heavy atom. The molecule has 0 aliphatic carbocycles. The third kappa shape index (κ3) is 2.25. The van der Waals surface area contributed by atoms with E-state index in [0.717, 1.165) is 5.56 Å². The molecule has 0 radical (unpaired) electrons. The van der Waals surface area contributed by atoms with E-state index in [1.165, 1.54) is 0 Å². The van der Waals surface area contributed by atoms with E-state index in [4.69, 9.17) is 11.6 Å². The van der Waals surface area contributed by atoms with Crippen LogP contribution in [-0.2, 0) is 6.54 Å². The van der Waals surface area contributed by atoms with Crippen LogP contribution in [-0.4, -0.2) is 29.2 Å². The van der Waals surface area contributed by atoms with Gasteiger partial charge in [-0.25, -0.2) is 4.98 Å². The standard InChI is InChI=1S/C13H13ClN4OS/c1-17-7-15-12(19)10-11(17)16-13(20)18(10)6-8-2-4-9(14)5-3-8/h2-5H,6-7H2,1H3,(H,15,19)(H,16,20). The molecule has 2 heterocycles. The Morgan fingerprint density at radius 1 is 1.40 bits per heavy atom. The summed E-state index contributed by atoms with van der Waals surface area (Å²) in [7, 11) is 1.88. The van der Waals surface area contributed by atoms with Crippen molar-refractivity contribution in [3.63, 3.8) is 0 Å². The first kappa shape index (κ1) is 13.3. The number of nitrogens with one attached hydrogen (secondary N) is 1. The summed E-state index contributed by atoms with van der Waals surface area (Å²) in [4.78, 5) is 18.3. The van der Waals surface area contributed by atoms with Gasteiger partial charge < -0.3 is 14.8 Å². The normalized spacial score (nSPS) is 14.2. The number of imidazole rings is 1. The van der Waals surface area contributed by atoms with E-state index < -0.39 is 0 Å². The first-order chi connectivity index (χ1) is 9.56. The van der Waals surface area contributed by atoms with E-state index in [1.54, 1.807) is 4.57 Å². The molecule has 20 heavy (non-hydrogen) atoms. The van der Waals surface area contributed by atoms with Crippen molar-refractivity contribution in [3.05, 3.63) is 40.5 Å². The van der Waals surface area contributed by atoms with Crippen LogP contribution >= 0.6 is 24.2 Å². The predicted molar refractivity (Wildman–Crippen MR) is 80.8 cm³/mol. The van der Waals surface area contributed by atoms with Crippen LogP contribution in [0.4, 0.5) is 5.82 Å². The number of anilines is 1. The van der Waals surface area contributed by atoms with Crippen LogP contribution in [0.2, 0.25) is 5.02 Å². The SMILES string of the molecule is CN1CNC(=O)c2c1nc(S)n2Cc1ccc(Cl)cc1. The number of halogens is 1. The molecule has 0 saturated heterocycles. The first-order valence-electron chi connectivity index (χ1n) is 6.09. The number of carbonyl (C=O) groups excluding carboxylic acids is 1. The van der Waals surface area contributed by atoms with Crippen molar-refractivity contribution in [2.24, 2.45) is 0 Å². The number of nitrogens with zero attached hydrogens (tertiary/aromatic N) is 3. The third-order valence-corrected chi connectivity index (χ3v) is 3.83. The topological polar surface area (TPSA) is 50.2 Å². The molecule has 0 fully saturated rings. The van der Waals surface area contributed by atoms with Crippen molar-refractivity contribution in [2.75, 3.05) is 18.6 Å². The van der Waals surface area contributed by atoms with Crippen LogP contribution < -0.4 is 10.2 Å². The Bertz CT molecular complexity index is 668. The third-order valence-electron chi connectivity index (χ3n) is 3.24. The molecule has 0 spiro atoms. The van der Waals surface area contributed by atoms with Crippen molar-refractivity contribution in [2.45, 2.75) is 11.7 Å². The van der Waals surface area contributed by atoms with Crippen molar-refractivity contribution >= 4 is 36.0 Å². The Kier molecular flexibility index (Phi) is 3.35. The number of hydrogen-bond acceptors (Lipinski definition) is 4. The lowest BCUT2D eigenvalue weighted by Gasteiger charge is -2.24. The molecule has 5 nitrogen and oxygen atoms in total. The van der Waals surface area contributed by atoms with Gasteiger partial charge in [0.05, 0.1) is 13.2 Å². The summed E-state index contributed by atoms with van der Waals surface area (Å²) in [5.41, 5.74) is 1.57. The average molecular weight is 309 g/mol. The second kappa shape index (κ2) is 5.03. The van der Waals surface area contributed by atoms with Crippen molar-refractivity contribution in [3.8, 4) is 0 Å². The number of thiol groups is 1. The highest BCUT2D eigenvalue weighted by atomic mass is 35.5. The second-order valence-corrected chi connectivity index (χ2v) is 5.50. The highest BCUT2D eigenvalue weighted by Gasteiger charge is 2.28. The maximum absolute atomic E-state index is 12.1. The van der Waals surface area contributed by atoms with Gasteiger partial charge in [-0.05, 0) is 17.7 Å².